The van der Waals surface area contributed by atoms with Gasteiger partial charge in [-0.05, 0) is 30.0 Å². The molecule has 0 spiro atoms. The van der Waals surface area contributed by atoms with Gasteiger partial charge in [0.25, 0.3) is 5.91 Å². The topological polar surface area (TPSA) is 56.7 Å². The number of carbonyl (C=O) groups excluding carboxylic acids is 1. The Hall–Kier alpha value is -1.69. The molecule has 0 radical (unpaired) electrons. The highest BCUT2D eigenvalue weighted by atomic mass is 32.2. The highest BCUT2D eigenvalue weighted by molar-refractivity contribution is 8.00. The van der Waals surface area contributed by atoms with Gasteiger partial charge in [-0.2, -0.15) is 11.8 Å². The van der Waals surface area contributed by atoms with E-state index in [-0.39, 0.29) is 5.91 Å². The van der Waals surface area contributed by atoms with E-state index in [1.807, 2.05) is 31.3 Å². The molecular weight excluding hydrogens is 344 g/mol. The van der Waals surface area contributed by atoms with Crippen LogP contribution in [0.15, 0.2) is 29.3 Å². The van der Waals surface area contributed by atoms with Crippen molar-refractivity contribution in [2.24, 2.45) is 10.9 Å². The van der Waals surface area contributed by atoms with Crippen LogP contribution in [0.5, 0.6) is 0 Å². The van der Waals surface area contributed by atoms with E-state index < -0.39 is 0 Å². The Bertz CT molecular complexity index is 618. The van der Waals surface area contributed by atoms with Crippen molar-refractivity contribution in [3.8, 4) is 0 Å². The molecule has 1 unspecified atom stereocenters. The molecule has 1 aromatic rings. The van der Waals surface area contributed by atoms with Crippen LogP contribution in [-0.2, 0) is 6.54 Å². The zero-order chi connectivity index (χ0) is 18.9. The van der Waals surface area contributed by atoms with Crippen molar-refractivity contribution in [3.05, 3.63) is 35.4 Å². The van der Waals surface area contributed by atoms with E-state index in [4.69, 9.17) is 0 Å². The first-order valence-electron chi connectivity index (χ1n) is 9.49. The summed E-state index contributed by atoms with van der Waals surface area (Å²) in [6.07, 6.45) is 0.939. The predicted molar refractivity (Wildman–Crippen MR) is 112 cm³/mol. The Labute approximate surface area is 162 Å². The molecule has 1 aliphatic heterocycles. The Morgan fingerprint density at radius 1 is 1.38 bits per heavy atom. The number of nitrogens with zero attached hydrogens (tertiary/aromatic N) is 2. The Morgan fingerprint density at radius 3 is 2.88 bits per heavy atom. The average molecular weight is 377 g/mol. The first-order chi connectivity index (χ1) is 12.5. The number of amides is 1. The minimum absolute atomic E-state index is 0.00841. The molecule has 1 amide bonds. The fourth-order valence-electron chi connectivity index (χ4n) is 2.95. The minimum atomic E-state index is -0.00841. The van der Waals surface area contributed by atoms with Crippen LogP contribution in [0.1, 0.15) is 43.1 Å². The molecule has 0 aromatic heterocycles. The van der Waals surface area contributed by atoms with Gasteiger partial charge in [-0.1, -0.05) is 32.9 Å². The second-order valence-corrected chi connectivity index (χ2v) is 8.30. The lowest BCUT2D eigenvalue weighted by atomic mass is 10.1. The third kappa shape index (κ3) is 5.94. The largest absolute Gasteiger partial charge is 0.352 e. The summed E-state index contributed by atoms with van der Waals surface area (Å²) in [4.78, 5) is 18.9. The number of carbonyl (C=O) groups is 1. The van der Waals surface area contributed by atoms with Gasteiger partial charge in [0.15, 0.2) is 5.96 Å². The first kappa shape index (κ1) is 20.6. The maximum absolute atomic E-state index is 12.1. The molecular formula is C20H32N4OS. The third-order valence-corrected chi connectivity index (χ3v) is 6.06. The Kier molecular flexibility index (Phi) is 8.29. The van der Waals surface area contributed by atoms with Crippen LogP contribution in [0.3, 0.4) is 0 Å². The molecule has 1 aromatic carbocycles. The van der Waals surface area contributed by atoms with Crippen LogP contribution in [0.2, 0.25) is 0 Å². The molecule has 1 aliphatic rings. The molecule has 2 rings (SSSR count). The fourth-order valence-corrected chi connectivity index (χ4v) is 4.25. The van der Waals surface area contributed by atoms with Crippen LogP contribution in [0.25, 0.3) is 0 Å². The number of aliphatic imine (C=N–C) groups is 1. The molecule has 1 fully saturated rings. The van der Waals surface area contributed by atoms with E-state index in [2.05, 4.69) is 53.1 Å². The van der Waals surface area contributed by atoms with Gasteiger partial charge in [-0.15, -0.1) is 0 Å². The van der Waals surface area contributed by atoms with E-state index in [1.165, 1.54) is 0 Å². The quantitative estimate of drug-likeness (QED) is 0.592. The van der Waals surface area contributed by atoms with Crippen molar-refractivity contribution in [2.75, 3.05) is 32.4 Å². The normalized spacial score (nSPS) is 18.1. The molecule has 1 heterocycles. The molecule has 0 aliphatic carbocycles. The summed E-state index contributed by atoms with van der Waals surface area (Å²) in [5, 5.41) is 7.03. The monoisotopic (exact) mass is 376 g/mol. The summed E-state index contributed by atoms with van der Waals surface area (Å²) >= 11 is 2.06. The number of rotatable bonds is 6. The Balaban J connectivity index is 1.95. The van der Waals surface area contributed by atoms with E-state index >= 15 is 0 Å². The zero-order valence-electron chi connectivity index (χ0n) is 16.4. The summed E-state index contributed by atoms with van der Waals surface area (Å²) < 4.78 is 0. The Morgan fingerprint density at radius 2 is 2.19 bits per heavy atom. The molecule has 1 atom stereocenters. The van der Waals surface area contributed by atoms with Crippen LogP contribution in [0.4, 0.5) is 0 Å². The lowest BCUT2D eigenvalue weighted by molar-refractivity contribution is 0.0953. The molecule has 144 valence electrons. The molecule has 0 saturated carbocycles. The molecule has 26 heavy (non-hydrogen) atoms. The van der Waals surface area contributed by atoms with Gasteiger partial charge in [0.1, 0.15) is 0 Å². The van der Waals surface area contributed by atoms with Crippen LogP contribution >= 0.6 is 11.8 Å². The summed E-state index contributed by atoms with van der Waals surface area (Å²) in [5.74, 6) is 2.73. The summed E-state index contributed by atoms with van der Waals surface area (Å²) in [6, 6.07) is 7.79. The predicted octanol–water partition coefficient (Wildman–Crippen LogP) is 2.98. The molecule has 1 saturated heterocycles. The summed E-state index contributed by atoms with van der Waals surface area (Å²) in [6.45, 7) is 10.0. The van der Waals surface area contributed by atoms with E-state index in [9.17, 15) is 4.79 Å². The smallest absolute Gasteiger partial charge is 0.251 e. The van der Waals surface area contributed by atoms with Crippen molar-refractivity contribution < 1.29 is 4.79 Å². The summed E-state index contributed by atoms with van der Waals surface area (Å²) in [7, 11) is 1.84. The van der Waals surface area contributed by atoms with E-state index in [0.717, 1.165) is 36.8 Å². The lowest BCUT2D eigenvalue weighted by Crippen LogP contribution is -2.48. The second kappa shape index (κ2) is 10.5. The number of nitrogens with one attached hydrogen (secondary N) is 2. The third-order valence-electron chi connectivity index (χ3n) is 4.52. The maximum atomic E-state index is 12.1. The van der Waals surface area contributed by atoms with Crippen LogP contribution < -0.4 is 10.6 Å². The van der Waals surface area contributed by atoms with E-state index in [1.54, 1.807) is 0 Å². The molecule has 5 nitrogen and oxygen atoms in total. The summed E-state index contributed by atoms with van der Waals surface area (Å²) in [5.41, 5.74) is 1.80. The molecule has 0 bridgehead atoms. The maximum Gasteiger partial charge on any atom is 0.251 e. The average Bonchev–Trinajstić information content (AvgIpc) is 2.67. The van der Waals surface area contributed by atoms with Gasteiger partial charge in [0.05, 0.1) is 0 Å². The van der Waals surface area contributed by atoms with Crippen molar-refractivity contribution >= 4 is 23.6 Å². The van der Waals surface area contributed by atoms with E-state index in [0.29, 0.717) is 29.8 Å². The number of thioether (sulfide) groups is 1. The van der Waals surface area contributed by atoms with Crippen molar-refractivity contribution in [2.45, 2.75) is 39.0 Å². The zero-order valence-corrected chi connectivity index (χ0v) is 17.2. The number of guanidine groups is 1. The highest BCUT2D eigenvalue weighted by Gasteiger charge is 2.24. The van der Waals surface area contributed by atoms with Gasteiger partial charge < -0.3 is 15.5 Å². The highest BCUT2D eigenvalue weighted by Crippen LogP contribution is 2.24. The molecule has 2 N–H and O–H groups in total. The first-order valence-corrected chi connectivity index (χ1v) is 10.5. The SMILES string of the molecule is CCCNC(=O)c1cccc(CNC(=NC)N2CCSC(C(C)C)C2)c1. The van der Waals surface area contributed by atoms with Crippen LogP contribution in [-0.4, -0.2) is 54.5 Å². The molecule has 6 heteroatoms. The van der Waals surface area contributed by atoms with Crippen molar-refractivity contribution in [1.82, 2.24) is 15.5 Å². The number of hydrogen-bond donors (Lipinski definition) is 2. The number of hydrogen-bond acceptors (Lipinski definition) is 3. The number of benzene rings is 1. The van der Waals surface area contributed by atoms with Gasteiger partial charge in [-0.25, -0.2) is 0 Å². The van der Waals surface area contributed by atoms with Gasteiger partial charge in [-0.3, -0.25) is 9.79 Å². The fraction of sp³-hybridized carbons (Fsp3) is 0.600. The lowest BCUT2D eigenvalue weighted by Gasteiger charge is -2.36. The standard InChI is InChI=1S/C20H32N4OS/c1-5-9-22-19(25)17-8-6-7-16(12-17)13-23-20(21-4)24-10-11-26-18(14-24)15(2)3/h6-8,12,15,18H,5,9-11,13-14H2,1-4H3,(H,21,23)(H,22,25). The van der Waals surface area contributed by atoms with Gasteiger partial charge in [0.2, 0.25) is 0 Å². The van der Waals surface area contributed by atoms with Gasteiger partial charge >= 0.3 is 0 Å². The second-order valence-electron chi connectivity index (χ2n) is 6.96. The van der Waals surface area contributed by atoms with Crippen molar-refractivity contribution in [3.63, 3.8) is 0 Å². The van der Waals surface area contributed by atoms with Gasteiger partial charge in [0, 0.05) is 49.8 Å². The minimum Gasteiger partial charge on any atom is -0.352 e. The van der Waals surface area contributed by atoms with Crippen molar-refractivity contribution in [1.29, 1.82) is 0 Å². The van der Waals surface area contributed by atoms with Crippen LogP contribution in [0, 0.1) is 5.92 Å².